The van der Waals surface area contributed by atoms with Gasteiger partial charge >= 0.3 is 0 Å². The van der Waals surface area contributed by atoms with E-state index in [-0.39, 0.29) is 0 Å². The molecule has 0 atom stereocenters. The van der Waals surface area contributed by atoms with Gasteiger partial charge in [0.05, 0.1) is 5.69 Å². The highest BCUT2D eigenvalue weighted by Gasteiger charge is 2.16. The second-order valence-corrected chi connectivity index (χ2v) is 4.67. The minimum absolute atomic E-state index is 0.390. The molecule has 1 aromatic heterocycles. The highest BCUT2D eigenvalue weighted by Crippen LogP contribution is 2.22. The van der Waals surface area contributed by atoms with Crippen molar-refractivity contribution in [2.75, 3.05) is 6.54 Å². The third kappa shape index (κ3) is 4.00. The molecule has 3 nitrogen and oxygen atoms in total. The van der Waals surface area contributed by atoms with Gasteiger partial charge in [-0.1, -0.05) is 13.0 Å². The van der Waals surface area contributed by atoms with Crippen molar-refractivity contribution in [2.45, 2.75) is 51.7 Å². The van der Waals surface area contributed by atoms with Crippen LogP contribution in [0.1, 0.15) is 44.7 Å². The maximum Gasteiger partial charge on any atom is 0.213 e. The van der Waals surface area contributed by atoms with Crippen LogP contribution in [0.2, 0.25) is 0 Å². The second-order valence-electron chi connectivity index (χ2n) is 4.67. The number of aromatic nitrogens is 1. The third-order valence-electron chi connectivity index (χ3n) is 3.10. The Kier molecular flexibility index (Phi) is 4.80. The summed E-state index contributed by atoms with van der Waals surface area (Å²) in [6, 6.07) is 6.03. The lowest BCUT2D eigenvalue weighted by Crippen LogP contribution is -2.16. The Morgan fingerprint density at radius 2 is 2.18 bits per heavy atom. The average Bonchev–Trinajstić information content (AvgIpc) is 2.83. The molecule has 0 bridgehead atoms. The van der Waals surface area contributed by atoms with Crippen molar-refractivity contribution in [3.05, 3.63) is 23.9 Å². The van der Waals surface area contributed by atoms with Crippen LogP contribution in [0.25, 0.3) is 0 Å². The Bertz CT molecular complexity index is 335. The normalized spacial score (nSPS) is 16.3. The fourth-order valence-corrected chi connectivity index (χ4v) is 2.19. The fraction of sp³-hybridized carbons (Fsp3) is 0.643. The molecule has 3 heteroatoms. The highest BCUT2D eigenvalue weighted by molar-refractivity contribution is 5.16. The molecule has 1 heterocycles. The zero-order valence-electron chi connectivity index (χ0n) is 10.6. The summed E-state index contributed by atoms with van der Waals surface area (Å²) in [5.74, 6) is 0.785. The summed E-state index contributed by atoms with van der Waals surface area (Å²) in [6.45, 7) is 4.03. The number of ether oxygens (including phenoxy) is 1. The van der Waals surface area contributed by atoms with Crippen molar-refractivity contribution in [3.63, 3.8) is 0 Å². The predicted octanol–water partition coefficient (Wildman–Crippen LogP) is 2.90. The largest absolute Gasteiger partial charge is 0.474 e. The Balaban J connectivity index is 1.86. The van der Waals surface area contributed by atoms with E-state index in [0.29, 0.717) is 6.10 Å². The molecule has 17 heavy (non-hydrogen) atoms. The van der Waals surface area contributed by atoms with E-state index in [0.717, 1.165) is 31.1 Å². The van der Waals surface area contributed by atoms with Gasteiger partial charge in [0.25, 0.3) is 0 Å². The summed E-state index contributed by atoms with van der Waals surface area (Å²) in [6.07, 6.45) is 6.49. The van der Waals surface area contributed by atoms with Gasteiger partial charge in [0.2, 0.25) is 5.88 Å². The van der Waals surface area contributed by atoms with Gasteiger partial charge in [0.15, 0.2) is 0 Å². The zero-order chi connectivity index (χ0) is 11.9. The quantitative estimate of drug-likeness (QED) is 0.768. The van der Waals surface area contributed by atoms with Crippen molar-refractivity contribution in [1.29, 1.82) is 0 Å². The SMILES string of the molecule is CCCNCc1cccc(OC2CCCC2)n1. The molecule has 0 unspecified atom stereocenters. The van der Waals surface area contributed by atoms with Gasteiger partial charge in [-0.05, 0) is 44.7 Å². The molecule has 1 aliphatic rings. The second kappa shape index (κ2) is 6.60. The molecule has 0 aromatic carbocycles. The van der Waals surface area contributed by atoms with Crippen molar-refractivity contribution in [3.8, 4) is 5.88 Å². The Morgan fingerprint density at radius 3 is 2.94 bits per heavy atom. The van der Waals surface area contributed by atoms with Crippen LogP contribution >= 0.6 is 0 Å². The van der Waals surface area contributed by atoms with Crippen molar-refractivity contribution < 1.29 is 4.74 Å². The van der Waals surface area contributed by atoms with E-state index in [1.54, 1.807) is 0 Å². The first-order chi connectivity index (χ1) is 8.38. The first-order valence-corrected chi connectivity index (χ1v) is 6.72. The minimum atomic E-state index is 0.390. The van der Waals surface area contributed by atoms with E-state index in [1.807, 2.05) is 18.2 Å². The number of nitrogens with one attached hydrogen (secondary N) is 1. The summed E-state index contributed by atoms with van der Waals surface area (Å²) in [5.41, 5.74) is 1.06. The maximum absolute atomic E-state index is 5.88. The molecule has 0 aliphatic heterocycles. The predicted molar refractivity (Wildman–Crippen MR) is 69.1 cm³/mol. The number of hydrogen-bond acceptors (Lipinski definition) is 3. The molecule has 0 radical (unpaired) electrons. The molecule has 1 N–H and O–H groups in total. The number of hydrogen-bond donors (Lipinski definition) is 1. The van der Waals surface area contributed by atoms with Crippen LogP contribution in [0.3, 0.4) is 0 Å². The van der Waals surface area contributed by atoms with Gasteiger partial charge in [-0.25, -0.2) is 4.98 Å². The highest BCUT2D eigenvalue weighted by atomic mass is 16.5. The standard InChI is InChI=1S/C14H22N2O/c1-2-10-15-11-12-6-5-9-14(16-12)17-13-7-3-4-8-13/h5-6,9,13,15H,2-4,7-8,10-11H2,1H3. The molecule has 1 aliphatic carbocycles. The van der Waals surface area contributed by atoms with Crippen LogP contribution in [-0.4, -0.2) is 17.6 Å². The van der Waals surface area contributed by atoms with Crippen LogP contribution in [0.15, 0.2) is 18.2 Å². The first kappa shape index (κ1) is 12.4. The fourth-order valence-electron chi connectivity index (χ4n) is 2.19. The lowest BCUT2D eigenvalue weighted by Gasteiger charge is -2.12. The lowest BCUT2D eigenvalue weighted by atomic mass is 10.3. The van der Waals surface area contributed by atoms with Crippen molar-refractivity contribution in [2.24, 2.45) is 0 Å². The maximum atomic E-state index is 5.88. The van der Waals surface area contributed by atoms with E-state index in [4.69, 9.17) is 4.74 Å². The number of pyridine rings is 1. The van der Waals surface area contributed by atoms with Crippen LogP contribution in [-0.2, 0) is 6.54 Å². The first-order valence-electron chi connectivity index (χ1n) is 6.72. The Hall–Kier alpha value is -1.09. The molecule has 1 aromatic rings. The summed E-state index contributed by atoms with van der Waals surface area (Å²) in [4.78, 5) is 4.52. The van der Waals surface area contributed by atoms with E-state index in [9.17, 15) is 0 Å². The smallest absolute Gasteiger partial charge is 0.213 e. The molecule has 2 rings (SSSR count). The third-order valence-corrected chi connectivity index (χ3v) is 3.10. The van der Waals surface area contributed by atoms with Gasteiger partial charge in [0.1, 0.15) is 6.10 Å². The van der Waals surface area contributed by atoms with E-state index >= 15 is 0 Å². The summed E-state index contributed by atoms with van der Waals surface area (Å²) in [7, 11) is 0. The Morgan fingerprint density at radius 1 is 1.35 bits per heavy atom. The summed E-state index contributed by atoms with van der Waals surface area (Å²) in [5, 5.41) is 3.35. The Labute approximate surface area is 104 Å². The molecule has 0 spiro atoms. The summed E-state index contributed by atoms with van der Waals surface area (Å²) >= 11 is 0. The topological polar surface area (TPSA) is 34.1 Å². The minimum Gasteiger partial charge on any atom is -0.474 e. The molecular formula is C14H22N2O. The molecule has 1 fully saturated rings. The number of rotatable bonds is 6. The average molecular weight is 234 g/mol. The van der Waals surface area contributed by atoms with Gasteiger partial charge in [-0.3, -0.25) is 0 Å². The van der Waals surface area contributed by atoms with Crippen LogP contribution in [0.4, 0.5) is 0 Å². The van der Waals surface area contributed by atoms with E-state index in [2.05, 4.69) is 17.2 Å². The lowest BCUT2D eigenvalue weighted by molar-refractivity contribution is 0.201. The molecule has 0 amide bonds. The molecular weight excluding hydrogens is 212 g/mol. The van der Waals surface area contributed by atoms with Gasteiger partial charge in [-0.2, -0.15) is 0 Å². The van der Waals surface area contributed by atoms with Crippen LogP contribution in [0, 0.1) is 0 Å². The monoisotopic (exact) mass is 234 g/mol. The van der Waals surface area contributed by atoms with Gasteiger partial charge < -0.3 is 10.1 Å². The molecule has 94 valence electrons. The molecule has 1 saturated carbocycles. The number of nitrogens with zero attached hydrogens (tertiary/aromatic N) is 1. The molecule has 0 saturated heterocycles. The zero-order valence-corrected chi connectivity index (χ0v) is 10.6. The van der Waals surface area contributed by atoms with Crippen molar-refractivity contribution >= 4 is 0 Å². The van der Waals surface area contributed by atoms with Crippen LogP contribution in [0.5, 0.6) is 5.88 Å². The van der Waals surface area contributed by atoms with Crippen molar-refractivity contribution in [1.82, 2.24) is 10.3 Å². The van der Waals surface area contributed by atoms with Gasteiger partial charge in [-0.15, -0.1) is 0 Å². The summed E-state index contributed by atoms with van der Waals surface area (Å²) < 4.78 is 5.88. The van der Waals surface area contributed by atoms with E-state index in [1.165, 1.54) is 25.7 Å². The van der Waals surface area contributed by atoms with Gasteiger partial charge in [0, 0.05) is 12.6 Å². The van der Waals surface area contributed by atoms with E-state index < -0.39 is 0 Å². The van der Waals surface area contributed by atoms with Crippen LogP contribution < -0.4 is 10.1 Å².